The smallest absolute Gasteiger partial charge is 0.344 e. The fourth-order valence-corrected chi connectivity index (χ4v) is 4.52. The molecule has 29 heavy (non-hydrogen) atoms. The molecule has 2 heterocycles. The molecule has 0 atom stereocenters. The number of amides is 2. The van der Waals surface area contributed by atoms with Gasteiger partial charge in [0.2, 0.25) is 0 Å². The highest BCUT2D eigenvalue weighted by atomic mass is 32.2. The highest BCUT2D eigenvalue weighted by molar-refractivity contribution is 7.90. The van der Waals surface area contributed by atoms with Crippen molar-refractivity contribution in [1.82, 2.24) is 9.29 Å². The Kier molecular flexibility index (Phi) is 4.67. The van der Waals surface area contributed by atoms with Crippen LogP contribution in [0.3, 0.4) is 0 Å². The molecular formula is C20H16FN3O4S. The van der Waals surface area contributed by atoms with Gasteiger partial charge in [-0.1, -0.05) is 12.1 Å². The number of ether oxygens (including phenoxy) is 1. The molecule has 0 aliphatic carbocycles. The minimum absolute atomic E-state index is 0.0259. The zero-order valence-corrected chi connectivity index (χ0v) is 16.1. The normalized spacial score (nSPS) is 15.2. The lowest BCUT2D eigenvalue weighted by Crippen LogP contribution is -2.48. The summed E-state index contributed by atoms with van der Waals surface area (Å²) in [6.07, 6.45) is 1.42. The van der Waals surface area contributed by atoms with E-state index in [0.717, 1.165) is 4.31 Å². The van der Waals surface area contributed by atoms with Crippen LogP contribution in [0, 0.1) is 5.82 Å². The number of carbonyl (C=O) groups is 1. The van der Waals surface area contributed by atoms with E-state index >= 15 is 0 Å². The first-order chi connectivity index (χ1) is 13.9. The molecule has 0 bridgehead atoms. The first kappa shape index (κ1) is 18.9. The molecular weight excluding hydrogens is 397 g/mol. The van der Waals surface area contributed by atoms with E-state index < -0.39 is 21.9 Å². The molecule has 7 nitrogen and oxygen atoms in total. The monoisotopic (exact) mass is 413 g/mol. The number of nitrogens with zero attached hydrogens (tertiary/aromatic N) is 3. The summed E-state index contributed by atoms with van der Waals surface area (Å²) in [5, 5.41) is 0. The molecule has 2 amide bonds. The maximum Gasteiger partial charge on any atom is 0.344 e. The predicted molar refractivity (Wildman–Crippen MR) is 104 cm³/mol. The second-order valence-electron chi connectivity index (χ2n) is 6.28. The third-order valence-corrected chi connectivity index (χ3v) is 6.25. The molecule has 4 rings (SSSR count). The van der Waals surface area contributed by atoms with Crippen LogP contribution in [0.4, 0.5) is 20.7 Å². The Balaban J connectivity index is 1.83. The number of aromatic nitrogens is 1. The average Bonchev–Trinajstić information content (AvgIpc) is 2.73. The number of rotatable bonds is 4. The minimum Gasteiger partial charge on any atom is -0.497 e. The van der Waals surface area contributed by atoms with Crippen molar-refractivity contribution in [2.24, 2.45) is 0 Å². The summed E-state index contributed by atoms with van der Waals surface area (Å²) < 4.78 is 45.3. The molecule has 0 unspecified atom stereocenters. The van der Waals surface area contributed by atoms with Crippen LogP contribution in [0.25, 0.3) is 0 Å². The number of pyridine rings is 1. The van der Waals surface area contributed by atoms with Crippen molar-refractivity contribution >= 4 is 27.6 Å². The van der Waals surface area contributed by atoms with Crippen LogP contribution in [0.15, 0.2) is 71.8 Å². The maximum atomic E-state index is 13.3. The predicted octanol–water partition coefficient (Wildman–Crippen LogP) is 3.69. The third-order valence-electron chi connectivity index (χ3n) is 4.51. The van der Waals surface area contributed by atoms with Crippen molar-refractivity contribution in [1.29, 1.82) is 0 Å². The average molecular weight is 413 g/mol. The summed E-state index contributed by atoms with van der Waals surface area (Å²) >= 11 is 0. The van der Waals surface area contributed by atoms with E-state index in [-0.39, 0.29) is 17.3 Å². The quantitative estimate of drug-likeness (QED) is 0.652. The van der Waals surface area contributed by atoms with Gasteiger partial charge in [-0.3, -0.25) is 0 Å². The van der Waals surface area contributed by atoms with Crippen LogP contribution >= 0.6 is 0 Å². The van der Waals surface area contributed by atoms with E-state index in [2.05, 4.69) is 4.98 Å². The molecule has 1 aromatic heterocycles. The van der Waals surface area contributed by atoms with Gasteiger partial charge < -0.3 is 4.74 Å². The molecule has 0 spiro atoms. The van der Waals surface area contributed by atoms with Gasteiger partial charge in [-0.05, 0) is 54.1 Å². The van der Waals surface area contributed by atoms with Crippen molar-refractivity contribution in [3.8, 4) is 5.75 Å². The number of fused-ring (bicyclic) bond motifs is 1. The van der Waals surface area contributed by atoms with Gasteiger partial charge in [0.05, 0.1) is 19.3 Å². The van der Waals surface area contributed by atoms with Gasteiger partial charge in [0.1, 0.15) is 16.5 Å². The van der Waals surface area contributed by atoms with Gasteiger partial charge in [-0.15, -0.1) is 0 Å². The second-order valence-corrected chi connectivity index (χ2v) is 8.11. The number of hydrogen-bond donors (Lipinski definition) is 0. The number of halogens is 1. The molecule has 148 valence electrons. The van der Waals surface area contributed by atoms with Crippen LogP contribution in [0.5, 0.6) is 5.75 Å². The molecule has 0 saturated heterocycles. The molecule has 0 fully saturated rings. The van der Waals surface area contributed by atoms with E-state index in [1.807, 2.05) is 0 Å². The molecule has 0 radical (unpaired) electrons. The van der Waals surface area contributed by atoms with Gasteiger partial charge in [-0.25, -0.2) is 31.8 Å². The van der Waals surface area contributed by atoms with Crippen molar-refractivity contribution < 1.29 is 22.3 Å². The van der Waals surface area contributed by atoms with Crippen LogP contribution in [0.1, 0.15) is 5.56 Å². The Hall–Kier alpha value is -3.46. The number of methoxy groups -OCH3 is 1. The van der Waals surface area contributed by atoms with E-state index in [1.165, 1.54) is 54.6 Å². The molecule has 0 N–H and O–H groups in total. The first-order valence-corrected chi connectivity index (χ1v) is 10.1. The lowest BCUT2D eigenvalue weighted by atomic mass is 10.2. The topological polar surface area (TPSA) is 79.8 Å². The maximum absolute atomic E-state index is 13.3. The van der Waals surface area contributed by atoms with Crippen molar-refractivity contribution in [3.63, 3.8) is 0 Å². The van der Waals surface area contributed by atoms with Gasteiger partial charge in [0.25, 0.3) is 10.0 Å². The number of urea groups is 1. The minimum atomic E-state index is -4.13. The summed E-state index contributed by atoms with van der Waals surface area (Å²) in [7, 11) is -2.61. The number of sulfonamides is 1. The Morgan fingerprint density at radius 1 is 1.03 bits per heavy atom. The summed E-state index contributed by atoms with van der Waals surface area (Å²) in [6, 6.07) is 14.0. The van der Waals surface area contributed by atoms with E-state index in [0.29, 0.717) is 17.0 Å². The van der Waals surface area contributed by atoms with Crippen LogP contribution < -0.4 is 9.64 Å². The molecule has 1 aliphatic rings. The van der Waals surface area contributed by atoms with Gasteiger partial charge in [0.15, 0.2) is 5.82 Å². The number of carbonyl (C=O) groups excluding carboxylic acids is 1. The number of hydrogen-bond acceptors (Lipinski definition) is 5. The summed E-state index contributed by atoms with van der Waals surface area (Å²) in [5.74, 6) is 0.171. The number of anilines is 2. The highest BCUT2D eigenvalue weighted by Gasteiger charge is 2.43. The van der Waals surface area contributed by atoms with Crippen LogP contribution in [-0.2, 0) is 16.6 Å². The molecule has 2 aromatic carbocycles. The Morgan fingerprint density at radius 2 is 1.72 bits per heavy atom. The number of benzene rings is 2. The zero-order valence-electron chi connectivity index (χ0n) is 15.3. The van der Waals surface area contributed by atoms with Crippen molar-refractivity contribution in [2.75, 3.05) is 12.0 Å². The Labute approximate surface area is 167 Å². The zero-order chi connectivity index (χ0) is 20.6. The van der Waals surface area contributed by atoms with E-state index in [9.17, 15) is 17.6 Å². The molecule has 3 aromatic rings. The molecule has 0 saturated carbocycles. The van der Waals surface area contributed by atoms with E-state index in [1.54, 1.807) is 24.3 Å². The summed E-state index contributed by atoms with van der Waals surface area (Å²) in [6.45, 7) is -0.234. The lowest BCUT2D eigenvalue weighted by molar-refractivity contribution is 0.229. The van der Waals surface area contributed by atoms with Crippen LogP contribution in [-0.4, -0.2) is 30.8 Å². The highest BCUT2D eigenvalue weighted by Crippen LogP contribution is 2.38. The van der Waals surface area contributed by atoms with Crippen molar-refractivity contribution in [3.05, 3.63) is 78.2 Å². The third kappa shape index (κ3) is 3.29. The van der Waals surface area contributed by atoms with Crippen LogP contribution in [0.2, 0.25) is 0 Å². The van der Waals surface area contributed by atoms with Crippen molar-refractivity contribution in [2.45, 2.75) is 11.4 Å². The standard InChI is InChI=1S/C20H16FN3O4S/c1-28-17-10-8-16(9-11-17)24-19-18(3-2-12-22-19)29(26,27)23(20(24)25)13-14-4-6-15(21)7-5-14/h2-12H,13H2,1H3. The largest absolute Gasteiger partial charge is 0.497 e. The van der Waals surface area contributed by atoms with Gasteiger partial charge in [0, 0.05) is 6.20 Å². The second kappa shape index (κ2) is 7.17. The Bertz CT molecular complexity index is 1170. The SMILES string of the molecule is COc1ccc(N2C(=O)N(Cc3ccc(F)cc3)S(=O)(=O)c3cccnc32)cc1. The Morgan fingerprint density at radius 3 is 2.38 bits per heavy atom. The lowest BCUT2D eigenvalue weighted by Gasteiger charge is -2.35. The molecule has 1 aliphatic heterocycles. The fraction of sp³-hybridized carbons (Fsp3) is 0.100. The molecule has 9 heteroatoms. The summed E-state index contributed by atoms with van der Waals surface area (Å²) in [5.41, 5.74) is 0.917. The van der Waals surface area contributed by atoms with Gasteiger partial charge >= 0.3 is 6.03 Å². The summed E-state index contributed by atoms with van der Waals surface area (Å²) in [4.78, 5) is 18.5. The van der Waals surface area contributed by atoms with E-state index in [4.69, 9.17) is 4.74 Å². The van der Waals surface area contributed by atoms with Gasteiger partial charge in [-0.2, -0.15) is 0 Å². The fourth-order valence-electron chi connectivity index (χ4n) is 3.05. The first-order valence-electron chi connectivity index (χ1n) is 8.62.